The predicted octanol–water partition coefficient (Wildman–Crippen LogP) is 2.99. The number of rotatable bonds is 5. The van der Waals surface area contributed by atoms with Crippen LogP contribution in [0, 0.1) is 5.82 Å². The molecule has 1 aromatic rings. The van der Waals surface area contributed by atoms with Crippen molar-refractivity contribution >= 4 is 23.1 Å². The van der Waals surface area contributed by atoms with Crippen LogP contribution in [0.2, 0.25) is 0 Å². The Hall–Kier alpha value is -0.900. The van der Waals surface area contributed by atoms with Gasteiger partial charge in [0.05, 0.1) is 5.69 Å². The summed E-state index contributed by atoms with van der Waals surface area (Å²) in [6.45, 7) is 2.10. The van der Waals surface area contributed by atoms with Crippen LogP contribution in [-0.4, -0.2) is 25.1 Å². The Morgan fingerprint density at radius 3 is 2.75 bits per heavy atom. The van der Waals surface area contributed by atoms with Crippen molar-refractivity contribution in [1.29, 1.82) is 0 Å². The minimum Gasteiger partial charge on any atom is -0.399 e. The van der Waals surface area contributed by atoms with E-state index in [1.54, 1.807) is 12.1 Å². The highest BCUT2D eigenvalue weighted by atomic mass is 32.2. The number of hydrogen-bond acceptors (Lipinski definition) is 3. The Morgan fingerprint density at radius 2 is 2.19 bits per heavy atom. The van der Waals surface area contributed by atoms with Gasteiger partial charge in [-0.2, -0.15) is 11.8 Å². The van der Waals surface area contributed by atoms with Crippen LogP contribution in [0.3, 0.4) is 0 Å². The van der Waals surface area contributed by atoms with E-state index in [1.807, 2.05) is 23.7 Å². The number of anilines is 2. The van der Waals surface area contributed by atoms with Gasteiger partial charge in [-0.3, -0.25) is 0 Å². The first-order valence-electron chi connectivity index (χ1n) is 5.33. The standard InChI is InChI=1S/C12H19FN2S/c1-9(6-7-16-3)15(2)12-5-4-10(14)8-11(12)13/h4-5,8-9H,6-7,14H2,1-3H3. The van der Waals surface area contributed by atoms with Gasteiger partial charge in [0.15, 0.2) is 0 Å². The first-order valence-corrected chi connectivity index (χ1v) is 6.72. The van der Waals surface area contributed by atoms with E-state index in [-0.39, 0.29) is 5.82 Å². The molecule has 4 heteroatoms. The molecule has 2 nitrogen and oxygen atoms in total. The van der Waals surface area contributed by atoms with Crippen LogP contribution in [0.15, 0.2) is 18.2 Å². The fourth-order valence-corrected chi connectivity index (χ4v) is 2.11. The van der Waals surface area contributed by atoms with Crippen LogP contribution in [-0.2, 0) is 0 Å². The molecule has 0 heterocycles. The lowest BCUT2D eigenvalue weighted by Gasteiger charge is -2.27. The minimum absolute atomic E-state index is 0.251. The lowest BCUT2D eigenvalue weighted by molar-refractivity contribution is 0.601. The van der Waals surface area contributed by atoms with Crippen LogP contribution in [0.5, 0.6) is 0 Å². The molecule has 1 unspecified atom stereocenters. The van der Waals surface area contributed by atoms with Gasteiger partial charge in [0.2, 0.25) is 0 Å². The average Bonchev–Trinajstić information content (AvgIpc) is 2.25. The minimum atomic E-state index is -0.251. The molecule has 0 saturated heterocycles. The van der Waals surface area contributed by atoms with Crippen molar-refractivity contribution in [2.45, 2.75) is 19.4 Å². The molecule has 1 rings (SSSR count). The second kappa shape index (κ2) is 5.99. The molecule has 0 bridgehead atoms. The number of nitrogens with two attached hydrogens (primary N) is 1. The third kappa shape index (κ3) is 3.30. The number of thioether (sulfide) groups is 1. The largest absolute Gasteiger partial charge is 0.399 e. The summed E-state index contributed by atoms with van der Waals surface area (Å²) in [5.74, 6) is 0.834. The Morgan fingerprint density at radius 1 is 1.50 bits per heavy atom. The first kappa shape index (κ1) is 13.2. The lowest BCUT2D eigenvalue weighted by atomic mass is 10.2. The van der Waals surface area contributed by atoms with Gasteiger partial charge in [-0.15, -0.1) is 0 Å². The molecular weight excluding hydrogens is 223 g/mol. The molecule has 0 fully saturated rings. The second-order valence-corrected chi connectivity index (χ2v) is 4.94. The molecule has 0 aliphatic rings. The zero-order valence-corrected chi connectivity index (χ0v) is 10.9. The third-order valence-corrected chi connectivity index (χ3v) is 3.40. The topological polar surface area (TPSA) is 29.3 Å². The van der Waals surface area contributed by atoms with E-state index in [1.165, 1.54) is 6.07 Å². The Balaban J connectivity index is 2.75. The molecule has 16 heavy (non-hydrogen) atoms. The molecule has 0 aliphatic heterocycles. The molecule has 1 aromatic carbocycles. The first-order chi connectivity index (χ1) is 7.56. The molecule has 0 amide bonds. The van der Waals surface area contributed by atoms with Gasteiger partial charge >= 0.3 is 0 Å². The highest BCUT2D eigenvalue weighted by molar-refractivity contribution is 7.98. The van der Waals surface area contributed by atoms with Crippen molar-refractivity contribution in [3.8, 4) is 0 Å². The van der Waals surface area contributed by atoms with E-state index in [4.69, 9.17) is 5.73 Å². The summed E-state index contributed by atoms with van der Waals surface area (Å²) in [6, 6.07) is 5.16. The van der Waals surface area contributed by atoms with E-state index in [9.17, 15) is 4.39 Å². The molecule has 0 radical (unpaired) electrons. The summed E-state index contributed by atoms with van der Waals surface area (Å²) >= 11 is 1.81. The van der Waals surface area contributed by atoms with Crippen molar-refractivity contribution in [3.63, 3.8) is 0 Å². The van der Waals surface area contributed by atoms with Crippen LogP contribution >= 0.6 is 11.8 Å². The Kier molecular flexibility index (Phi) is 4.93. The molecule has 1 atom stereocenters. The molecule has 0 saturated carbocycles. The van der Waals surface area contributed by atoms with Gasteiger partial charge in [0, 0.05) is 18.8 Å². The smallest absolute Gasteiger partial charge is 0.148 e. The van der Waals surface area contributed by atoms with Crippen molar-refractivity contribution in [2.75, 3.05) is 29.7 Å². The summed E-state index contributed by atoms with van der Waals surface area (Å²) < 4.78 is 13.7. The Labute approximate surface area is 101 Å². The van der Waals surface area contributed by atoms with Crippen molar-refractivity contribution in [1.82, 2.24) is 0 Å². The quantitative estimate of drug-likeness (QED) is 0.805. The third-order valence-electron chi connectivity index (χ3n) is 2.75. The Bertz CT molecular complexity index is 344. The fraction of sp³-hybridized carbons (Fsp3) is 0.500. The molecular formula is C12H19FN2S. The number of halogens is 1. The van der Waals surface area contributed by atoms with Gasteiger partial charge in [-0.25, -0.2) is 4.39 Å². The van der Waals surface area contributed by atoms with Gasteiger partial charge in [-0.05, 0) is 43.6 Å². The van der Waals surface area contributed by atoms with Crippen LogP contribution in [0.4, 0.5) is 15.8 Å². The van der Waals surface area contributed by atoms with Crippen molar-refractivity contribution in [2.24, 2.45) is 0 Å². The van der Waals surface area contributed by atoms with E-state index in [2.05, 4.69) is 13.2 Å². The highest BCUT2D eigenvalue weighted by Crippen LogP contribution is 2.23. The maximum absolute atomic E-state index is 13.7. The van der Waals surface area contributed by atoms with E-state index >= 15 is 0 Å². The fourth-order valence-electron chi connectivity index (χ4n) is 1.53. The molecule has 2 N–H and O–H groups in total. The summed E-state index contributed by atoms with van der Waals surface area (Å²) in [5.41, 5.74) is 6.60. The highest BCUT2D eigenvalue weighted by Gasteiger charge is 2.13. The monoisotopic (exact) mass is 242 g/mol. The maximum atomic E-state index is 13.7. The normalized spacial score (nSPS) is 12.5. The molecule has 0 spiro atoms. The number of benzene rings is 1. The van der Waals surface area contributed by atoms with Crippen molar-refractivity contribution < 1.29 is 4.39 Å². The zero-order valence-electron chi connectivity index (χ0n) is 10.0. The summed E-state index contributed by atoms with van der Waals surface area (Å²) in [6.07, 6.45) is 3.12. The van der Waals surface area contributed by atoms with Crippen LogP contribution in [0.25, 0.3) is 0 Å². The van der Waals surface area contributed by atoms with Crippen LogP contribution in [0.1, 0.15) is 13.3 Å². The number of hydrogen-bond donors (Lipinski definition) is 1. The van der Waals surface area contributed by atoms with Gasteiger partial charge < -0.3 is 10.6 Å². The lowest BCUT2D eigenvalue weighted by Crippen LogP contribution is -2.30. The molecule has 0 aromatic heterocycles. The summed E-state index contributed by atoms with van der Waals surface area (Å²) in [7, 11) is 1.92. The SMILES string of the molecule is CSCCC(C)N(C)c1ccc(N)cc1F. The molecule has 90 valence electrons. The van der Waals surface area contributed by atoms with Crippen LogP contribution < -0.4 is 10.6 Å². The maximum Gasteiger partial charge on any atom is 0.148 e. The predicted molar refractivity (Wildman–Crippen MR) is 71.7 cm³/mol. The zero-order chi connectivity index (χ0) is 12.1. The van der Waals surface area contributed by atoms with Gasteiger partial charge in [0.1, 0.15) is 5.82 Å². The van der Waals surface area contributed by atoms with E-state index in [0.717, 1.165) is 12.2 Å². The second-order valence-electron chi connectivity index (χ2n) is 3.95. The number of nitrogens with zero attached hydrogens (tertiary/aromatic N) is 1. The van der Waals surface area contributed by atoms with Gasteiger partial charge in [0.25, 0.3) is 0 Å². The van der Waals surface area contributed by atoms with E-state index in [0.29, 0.717) is 17.4 Å². The summed E-state index contributed by atoms with van der Waals surface area (Å²) in [4.78, 5) is 1.96. The number of nitrogen functional groups attached to an aromatic ring is 1. The average molecular weight is 242 g/mol. The van der Waals surface area contributed by atoms with E-state index < -0.39 is 0 Å². The summed E-state index contributed by atoms with van der Waals surface area (Å²) in [5, 5.41) is 0. The van der Waals surface area contributed by atoms with Gasteiger partial charge in [-0.1, -0.05) is 0 Å². The molecule has 0 aliphatic carbocycles. The van der Waals surface area contributed by atoms with Crippen molar-refractivity contribution in [3.05, 3.63) is 24.0 Å².